The molecule has 0 saturated heterocycles. The lowest BCUT2D eigenvalue weighted by atomic mass is 10.1. The van der Waals surface area contributed by atoms with Crippen LogP contribution in [-0.4, -0.2) is 13.2 Å². The van der Waals surface area contributed by atoms with E-state index in [9.17, 15) is 0 Å². The fraction of sp³-hybridized carbons (Fsp3) is 0.500. The Morgan fingerprint density at radius 1 is 1.40 bits per heavy atom. The van der Waals surface area contributed by atoms with E-state index in [4.69, 9.17) is 10.5 Å². The molecule has 15 heavy (non-hydrogen) atoms. The van der Waals surface area contributed by atoms with Crippen molar-refractivity contribution >= 4 is 15.9 Å². The van der Waals surface area contributed by atoms with E-state index < -0.39 is 0 Å². The van der Waals surface area contributed by atoms with E-state index in [1.807, 2.05) is 24.3 Å². The maximum Gasteiger partial charge on any atom is 0.133 e. The molecule has 2 nitrogen and oxygen atoms in total. The van der Waals surface area contributed by atoms with Crippen LogP contribution in [0.4, 0.5) is 0 Å². The Balaban J connectivity index is 1.89. The number of nitrogens with two attached hydrogens (primary N) is 1. The topological polar surface area (TPSA) is 35.2 Å². The average molecular weight is 270 g/mol. The second kappa shape index (κ2) is 4.99. The second-order valence-corrected chi connectivity index (χ2v) is 4.93. The molecule has 1 fully saturated rings. The molecule has 1 aliphatic carbocycles. The minimum absolute atomic E-state index is 0.525. The number of para-hydroxylation sites is 1. The van der Waals surface area contributed by atoms with Crippen molar-refractivity contribution in [3.63, 3.8) is 0 Å². The molecule has 1 atom stereocenters. The van der Waals surface area contributed by atoms with Crippen LogP contribution in [0.25, 0.3) is 0 Å². The molecule has 0 aromatic heterocycles. The third kappa shape index (κ3) is 2.95. The minimum Gasteiger partial charge on any atom is -0.492 e. The van der Waals surface area contributed by atoms with Gasteiger partial charge in [-0.1, -0.05) is 12.1 Å². The summed E-state index contributed by atoms with van der Waals surface area (Å²) in [7, 11) is 0. The van der Waals surface area contributed by atoms with Crippen LogP contribution in [0.2, 0.25) is 0 Å². The Labute approximate surface area is 98.9 Å². The average Bonchev–Trinajstić information content (AvgIpc) is 3.06. The highest BCUT2D eigenvalue weighted by Gasteiger charge is 2.30. The van der Waals surface area contributed by atoms with Crippen molar-refractivity contribution in [2.24, 2.45) is 17.6 Å². The molecule has 1 aliphatic rings. The second-order valence-electron chi connectivity index (χ2n) is 4.07. The number of hydrogen-bond acceptors (Lipinski definition) is 2. The maximum atomic E-state index is 5.76. The van der Waals surface area contributed by atoms with E-state index in [1.54, 1.807) is 0 Å². The molecular weight excluding hydrogens is 254 g/mol. The minimum atomic E-state index is 0.525. The van der Waals surface area contributed by atoms with Crippen LogP contribution in [0.1, 0.15) is 12.8 Å². The van der Waals surface area contributed by atoms with Gasteiger partial charge in [-0.3, -0.25) is 0 Å². The van der Waals surface area contributed by atoms with Crippen LogP contribution in [0.5, 0.6) is 5.75 Å². The van der Waals surface area contributed by atoms with E-state index in [2.05, 4.69) is 15.9 Å². The zero-order valence-corrected chi connectivity index (χ0v) is 10.2. The van der Waals surface area contributed by atoms with Gasteiger partial charge in [-0.15, -0.1) is 0 Å². The van der Waals surface area contributed by atoms with Gasteiger partial charge in [0.15, 0.2) is 0 Å². The Kier molecular flexibility index (Phi) is 3.65. The highest BCUT2D eigenvalue weighted by molar-refractivity contribution is 9.10. The summed E-state index contributed by atoms with van der Waals surface area (Å²) in [5, 5.41) is 0. The van der Waals surface area contributed by atoms with Crippen LogP contribution >= 0.6 is 15.9 Å². The summed E-state index contributed by atoms with van der Waals surface area (Å²) in [5.41, 5.74) is 5.72. The van der Waals surface area contributed by atoms with Gasteiger partial charge in [0.25, 0.3) is 0 Å². The maximum absolute atomic E-state index is 5.76. The molecule has 82 valence electrons. The van der Waals surface area contributed by atoms with Crippen LogP contribution in [0.15, 0.2) is 28.7 Å². The summed E-state index contributed by atoms with van der Waals surface area (Å²) in [4.78, 5) is 0. The highest BCUT2D eigenvalue weighted by Crippen LogP contribution is 2.37. The van der Waals surface area contributed by atoms with Crippen molar-refractivity contribution < 1.29 is 4.74 Å². The van der Waals surface area contributed by atoms with Gasteiger partial charge >= 0.3 is 0 Å². The van der Waals surface area contributed by atoms with Crippen molar-refractivity contribution in [2.75, 3.05) is 13.2 Å². The number of halogens is 1. The number of hydrogen-bond donors (Lipinski definition) is 1. The van der Waals surface area contributed by atoms with Crippen LogP contribution < -0.4 is 10.5 Å². The molecular formula is C12H16BrNO. The summed E-state index contributed by atoms with van der Waals surface area (Å²) in [6.45, 7) is 1.47. The zero-order valence-electron chi connectivity index (χ0n) is 8.66. The van der Waals surface area contributed by atoms with Gasteiger partial charge in [0, 0.05) is 5.92 Å². The Morgan fingerprint density at radius 2 is 2.13 bits per heavy atom. The first-order valence-electron chi connectivity index (χ1n) is 5.38. The Hall–Kier alpha value is -0.540. The summed E-state index contributed by atoms with van der Waals surface area (Å²) in [6, 6.07) is 7.93. The predicted molar refractivity (Wildman–Crippen MR) is 64.9 cm³/mol. The van der Waals surface area contributed by atoms with Crippen molar-refractivity contribution in [1.29, 1.82) is 0 Å². The van der Waals surface area contributed by atoms with Crippen LogP contribution in [0.3, 0.4) is 0 Å². The van der Waals surface area contributed by atoms with Crippen LogP contribution in [0, 0.1) is 11.8 Å². The van der Waals surface area contributed by atoms with Crippen LogP contribution in [-0.2, 0) is 0 Å². The fourth-order valence-electron chi connectivity index (χ4n) is 1.72. The normalized spacial score (nSPS) is 17.5. The van der Waals surface area contributed by atoms with Gasteiger partial charge in [-0.2, -0.15) is 0 Å². The third-order valence-electron chi connectivity index (χ3n) is 2.88. The van der Waals surface area contributed by atoms with Gasteiger partial charge in [0.2, 0.25) is 0 Å². The van der Waals surface area contributed by atoms with Crippen molar-refractivity contribution in [3.05, 3.63) is 28.7 Å². The third-order valence-corrected chi connectivity index (χ3v) is 3.54. The first-order chi connectivity index (χ1) is 7.31. The molecule has 1 saturated carbocycles. The summed E-state index contributed by atoms with van der Waals surface area (Å²) in [6.07, 6.45) is 2.64. The lowest BCUT2D eigenvalue weighted by Crippen LogP contribution is -2.23. The van der Waals surface area contributed by atoms with Gasteiger partial charge in [-0.05, 0) is 53.4 Å². The summed E-state index contributed by atoms with van der Waals surface area (Å²) < 4.78 is 6.77. The summed E-state index contributed by atoms with van der Waals surface area (Å²) >= 11 is 3.46. The molecule has 0 spiro atoms. The summed E-state index contributed by atoms with van der Waals surface area (Å²) in [5.74, 6) is 2.24. The quantitative estimate of drug-likeness (QED) is 0.892. The molecule has 1 aromatic carbocycles. The first-order valence-corrected chi connectivity index (χ1v) is 6.18. The monoisotopic (exact) mass is 269 g/mol. The van der Waals surface area contributed by atoms with Gasteiger partial charge in [0.05, 0.1) is 11.1 Å². The van der Waals surface area contributed by atoms with Crippen molar-refractivity contribution in [3.8, 4) is 5.75 Å². The van der Waals surface area contributed by atoms with Gasteiger partial charge in [-0.25, -0.2) is 0 Å². The molecule has 0 amide bonds. The van der Waals surface area contributed by atoms with E-state index in [-0.39, 0.29) is 0 Å². The van der Waals surface area contributed by atoms with Crippen molar-refractivity contribution in [2.45, 2.75) is 12.8 Å². The first kappa shape index (κ1) is 11.0. The molecule has 0 bridgehead atoms. The Bertz CT molecular complexity index is 325. The van der Waals surface area contributed by atoms with E-state index in [1.165, 1.54) is 12.8 Å². The van der Waals surface area contributed by atoms with Crippen molar-refractivity contribution in [1.82, 2.24) is 0 Å². The number of benzene rings is 1. The Morgan fingerprint density at radius 3 is 2.73 bits per heavy atom. The molecule has 0 aliphatic heterocycles. The van der Waals surface area contributed by atoms with E-state index >= 15 is 0 Å². The standard InChI is InChI=1S/C12H16BrNO/c13-11-3-1-2-4-12(11)15-8-10(7-14)9-5-6-9/h1-4,9-10H,5-8,14H2. The SMILES string of the molecule is NCC(COc1ccccc1Br)C1CC1. The number of rotatable bonds is 5. The lowest BCUT2D eigenvalue weighted by molar-refractivity contribution is 0.234. The largest absolute Gasteiger partial charge is 0.492 e. The predicted octanol–water partition coefficient (Wildman–Crippen LogP) is 2.81. The molecule has 2 N–H and O–H groups in total. The fourth-order valence-corrected chi connectivity index (χ4v) is 2.12. The molecule has 0 radical (unpaired) electrons. The molecule has 0 heterocycles. The van der Waals surface area contributed by atoms with Gasteiger partial charge in [0.1, 0.15) is 5.75 Å². The van der Waals surface area contributed by atoms with E-state index in [0.717, 1.165) is 29.3 Å². The highest BCUT2D eigenvalue weighted by atomic mass is 79.9. The number of ether oxygens (including phenoxy) is 1. The molecule has 3 heteroatoms. The van der Waals surface area contributed by atoms with Gasteiger partial charge < -0.3 is 10.5 Å². The smallest absolute Gasteiger partial charge is 0.133 e. The molecule has 1 unspecified atom stereocenters. The lowest BCUT2D eigenvalue weighted by Gasteiger charge is -2.15. The molecule has 2 rings (SSSR count). The zero-order chi connectivity index (χ0) is 10.7. The molecule has 1 aromatic rings. The van der Waals surface area contributed by atoms with E-state index in [0.29, 0.717) is 5.92 Å².